The van der Waals surface area contributed by atoms with Crippen LogP contribution in [0, 0.1) is 6.92 Å². The van der Waals surface area contributed by atoms with Gasteiger partial charge < -0.3 is 30.1 Å². The lowest BCUT2D eigenvalue weighted by Gasteiger charge is -2.26. The van der Waals surface area contributed by atoms with Gasteiger partial charge in [-0.3, -0.25) is 4.79 Å². The summed E-state index contributed by atoms with van der Waals surface area (Å²) in [5.41, 5.74) is 5.08. The highest BCUT2D eigenvalue weighted by atomic mass is 16.3. The molecule has 0 radical (unpaired) electrons. The van der Waals surface area contributed by atoms with Crippen LogP contribution in [0.3, 0.4) is 0 Å². The molecule has 5 N–H and O–H groups in total. The van der Waals surface area contributed by atoms with E-state index in [1.165, 1.54) is 0 Å². The number of anilines is 1. The molecule has 0 bridgehead atoms. The third kappa shape index (κ3) is 4.79. The van der Waals surface area contributed by atoms with Crippen LogP contribution in [-0.4, -0.2) is 53.5 Å². The molecule has 36 heavy (non-hydrogen) atoms. The maximum atomic E-state index is 13.0. The highest BCUT2D eigenvalue weighted by molar-refractivity contribution is 5.86. The Hall–Kier alpha value is -4.21. The normalized spacial score (nSPS) is 13.1. The number of fused-ring (bicyclic) bond motifs is 1. The van der Waals surface area contributed by atoms with Crippen molar-refractivity contribution in [1.82, 2.24) is 24.5 Å². The van der Waals surface area contributed by atoms with E-state index in [-0.39, 0.29) is 18.6 Å². The van der Waals surface area contributed by atoms with Crippen molar-refractivity contribution >= 4 is 16.7 Å². The monoisotopic (exact) mass is 484 g/mol. The van der Waals surface area contributed by atoms with Gasteiger partial charge in [-0.15, -0.1) is 0 Å². The van der Waals surface area contributed by atoms with Gasteiger partial charge in [0.2, 0.25) is 0 Å². The molecule has 9 nitrogen and oxygen atoms in total. The number of H-pyrrole nitrogens is 2. The molecule has 0 aliphatic heterocycles. The molecule has 184 valence electrons. The van der Waals surface area contributed by atoms with E-state index in [9.17, 15) is 15.0 Å². The van der Waals surface area contributed by atoms with Crippen molar-refractivity contribution in [3.8, 4) is 17.1 Å². The van der Waals surface area contributed by atoms with Gasteiger partial charge in [0.05, 0.1) is 35.2 Å². The van der Waals surface area contributed by atoms with Crippen LogP contribution in [0.4, 0.5) is 5.69 Å². The molecule has 2 aromatic carbocycles. The second kappa shape index (κ2) is 10.2. The molecule has 3 aromatic heterocycles. The Morgan fingerprint density at radius 1 is 1.17 bits per heavy atom. The first-order valence-corrected chi connectivity index (χ1v) is 11.8. The molecule has 2 unspecified atom stereocenters. The lowest BCUT2D eigenvalue weighted by atomic mass is 9.98. The first kappa shape index (κ1) is 23.5. The number of nitrogens with one attached hydrogen (secondary N) is 3. The molecular weight excluding hydrogens is 456 g/mol. The van der Waals surface area contributed by atoms with Crippen molar-refractivity contribution in [3.63, 3.8) is 0 Å². The minimum atomic E-state index is -0.821. The fourth-order valence-electron chi connectivity index (χ4n) is 4.47. The van der Waals surface area contributed by atoms with Crippen molar-refractivity contribution in [2.45, 2.75) is 31.9 Å². The van der Waals surface area contributed by atoms with Gasteiger partial charge in [0.1, 0.15) is 11.4 Å². The second-order valence-electron chi connectivity index (χ2n) is 8.83. The number of aliphatic hydroxyl groups is 2. The van der Waals surface area contributed by atoms with Crippen molar-refractivity contribution in [2.24, 2.45) is 0 Å². The molecule has 5 rings (SSSR count). The Morgan fingerprint density at radius 3 is 2.75 bits per heavy atom. The van der Waals surface area contributed by atoms with Crippen LogP contribution in [0.25, 0.3) is 28.1 Å². The van der Waals surface area contributed by atoms with E-state index in [1.807, 2.05) is 60.2 Å². The van der Waals surface area contributed by atoms with E-state index < -0.39 is 12.1 Å². The SMILES string of the molecule is Cc1cc(-n2ccnc2)cc2[nH]c(-c3c(NC(Cc4ccccc4)C(O)CCO)cc[nH]c3=O)nc12. The summed E-state index contributed by atoms with van der Waals surface area (Å²) >= 11 is 0. The molecule has 0 amide bonds. The Morgan fingerprint density at radius 2 is 2.00 bits per heavy atom. The minimum absolute atomic E-state index is 0.140. The number of aromatic nitrogens is 5. The number of nitrogens with zero attached hydrogens (tertiary/aromatic N) is 3. The first-order chi connectivity index (χ1) is 17.5. The van der Waals surface area contributed by atoms with E-state index >= 15 is 0 Å². The van der Waals surface area contributed by atoms with Gasteiger partial charge in [-0.05, 0) is 49.1 Å². The maximum absolute atomic E-state index is 13.0. The maximum Gasteiger partial charge on any atom is 0.261 e. The zero-order valence-corrected chi connectivity index (χ0v) is 19.8. The fourth-order valence-corrected chi connectivity index (χ4v) is 4.47. The van der Waals surface area contributed by atoms with E-state index in [0.717, 1.165) is 27.8 Å². The second-order valence-corrected chi connectivity index (χ2v) is 8.83. The molecule has 9 heteroatoms. The van der Waals surface area contributed by atoms with Crippen LogP contribution in [0.5, 0.6) is 0 Å². The molecule has 0 aliphatic carbocycles. The minimum Gasteiger partial charge on any atom is -0.396 e. The molecule has 0 saturated heterocycles. The third-order valence-corrected chi connectivity index (χ3v) is 6.29. The van der Waals surface area contributed by atoms with Crippen LogP contribution in [0.1, 0.15) is 17.5 Å². The predicted molar refractivity (Wildman–Crippen MR) is 139 cm³/mol. The number of aryl methyl sites for hydroxylation is 1. The van der Waals surface area contributed by atoms with Crippen LogP contribution in [-0.2, 0) is 6.42 Å². The van der Waals surface area contributed by atoms with Crippen molar-refractivity contribution in [2.75, 3.05) is 11.9 Å². The number of aromatic amines is 2. The molecule has 2 atom stereocenters. The lowest BCUT2D eigenvalue weighted by Crippen LogP contribution is -2.37. The van der Waals surface area contributed by atoms with Gasteiger partial charge in [-0.25, -0.2) is 9.97 Å². The summed E-state index contributed by atoms with van der Waals surface area (Å²) in [4.78, 5) is 27.9. The van der Waals surface area contributed by atoms with Crippen molar-refractivity contribution in [3.05, 3.63) is 94.9 Å². The van der Waals surface area contributed by atoms with Crippen molar-refractivity contribution < 1.29 is 10.2 Å². The Kier molecular flexibility index (Phi) is 6.66. The highest BCUT2D eigenvalue weighted by Gasteiger charge is 2.23. The smallest absolute Gasteiger partial charge is 0.261 e. The number of pyridine rings is 1. The number of imidazole rings is 2. The molecular formula is C27H28N6O3. The van der Waals surface area contributed by atoms with Gasteiger partial charge in [0.15, 0.2) is 0 Å². The molecule has 0 spiro atoms. The number of aliphatic hydroxyl groups excluding tert-OH is 2. The average Bonchev–Trinajstić information content (AvgIpc) is 3.55. The molecule has 5 aromatic rings. The average molecular weight is 485 g/mol. The van der Waals surface area contributed by atoms with Crippen molar-refractivity contribution in [1.29, 1.82) is 0 Å². The van der Waals surface area contributed by atoms with Gasteiger partial charge >= 0.3 is 0 Å². The van der Waals surface area contributed by atoms with Crippen LogP contribution in [0.2, 0.25) is 0 Å². The van der Waals surface area contributed by atoms with Crippen LogP contribution >= 0.6 is 0 Å². The van der Waals surface area contributed by atoms with Crippen LogP contribution in [0.15, 0.2) is 78.2 Å². The zero-order chi connectivity index (χ0) is 25.1. The van der Waals surface area contributed by atoms with E-state index in [2.05, 4.69) is 20.3 Å². The first-order valence-electron chi connectivity index (χ1n) is 11.8. The summed E-state index contributed by atoms with van der Waals surface area (Å²) in [6.07, 6.45) is 6.79. The van der Waals surface area contributed by atoms with E-state index in [4.69, 9.17) is 4.98 Å². The predicted octanol–water partition coefficient (Wildman–Crippen LogP) is 3.18. The summed E-state index contributed by atoms with van der Waals surface area (Å²) in [6.45, 7) is 1.83. The largest absolute Gasteiger partial charge is 0.396 e. The van der Waals surface area contributed by atoms with Gasteiger partial charge in [-0.2, -0.15) is 0 Å². The Labute approximate surface area is 207 Å². The molecule has 3 heterocycles. The summed E-state index contributed by atoms with van der Waals surface area (Å²) in [7, 11) is 0. The van der Waals surface area contributed by atoms with Gasteiger partial charge in [0.25, 0.3) is 5.56 Å². The summed E-state index contributed by atoms with van der Waals surface area (Å²) in [5, 5.41) is 23.6. The quantitative estimate of drug-likeness (QED) is 0.218. The topological polar surface area (TPSA) is 132 Å². The molecule has 0 fully saturated rings. The van der Waals surface area contributed by atoms with Gasteiger partial charge in [-0.1, -0.05) is 30.3 Å². The van der Waals surface area contributed by atoms with E-state index in [0.29, 0.717) is 23.5 Å². The lowest BCUT2D eigenvalue weighted by molar-refractivity contribution is 0.115. The number of rotatable bonds is 9. The standard InChI is InChI=1S/C27H28N6O3/c1-17-13-19(33-11-10-28-16-33)15-22-25(17)32-26(31-22)24-20(7-9-29-27(24)36)30-21(23(35)8-12-34)14-18-5-3-2-4-6-18/h2-7,9-11,13,15-16,21,23,34-35H,8,12,14H2,1H3,(H,31,32)(H2,29,30,36). The molecule has 0 aliphatic rings. The molecule has 0 saturated carbocycles. The fraction of sp³-hybridized carbons (Fsp3) is 0.222. The van der Waals surface area contributed by atoms with Crippen LogP contribution < -0.4 is 10.9 Å². The summed E-state index contributed by atoms with van der Waals surface area (Å²) < 4.78 is 1.91. The Bertz CT molecular complexity index is 1510. The van der Waals surface area contributed by atoms with Gasteiger partial charge in [0, 0.05) is 30.9 Å². The summed E-state index contributed by atoms with van der Waals surface area (Å²) in [6, 6.07) is 15.1. The number of hydrogen-bond donors (Lipinski definition) is 5. The number of benzene rings is 2. The third-order valence-electron chi connectivity index (χ3n) is 6.29. The highest BCUT2D eigenvalue weighted by Crippen LogP contribution is 2.28. The Balaban J connectivity index is 1.54. The number of hydrogen-bond acceptors (Lipinski definition) is 6. The summed E-state index contributed by atoms with van der Waals surface area (Å²) in [5.74, 6) is 0.426. The van der Waals surface area contributed by atoms with E-state index in [1.54, 1.807) is 24.8 Å². The zero-order valence-electron chi connectivity index (χ0n) is 19.8.